The number of hydrogen-bond acceptors (Lipinski definition) is 1. The third-order valence-corrected chi connectivity index (χ3v) is 9.55. The van der Waals surface area contributed by atoms with E-state index in [0.29, 0.717) is 27.0 Å². The second kappa shape index (κ2) is 14.0. The molecule has 0 aliphatic heterocycles. The molecule has 10 aromatic rings. The van der Waals surface area contributed by atoms with E-state index in [4.69, 9.17) is 6.85 Å². The van der Waals surface area contributed by atoms with Gasteiger partial charge in [0.15, 0.2) is 0 Å². The summed E-state index contributed by atoms with van der Waals surface area (Å²) in [6, 6.07) is 23.4. The first-order valence-electron chi connectivity index (χ1n) is 26.0. The molecule has 1 heteroatoms. The van der Waals surface area contributed by atoms with Crippen LogP contribution in [0.2, 0.25) is 0 Å². The summed E-state index contributed by atoms with van der Waals surface area (Å²) in [6.45, 7) is 0. The fourth-order valence-corrected chi connectivity index (χ4v) is 6.95. The van der Waals surface area contributed by atoms with Crippen molar-refractivity contribution >= 4 is 49.4 Å². The van der Waals surface area contributed by atoms with E-state index in [1.807, 2.05) is 84.9 Å². The lowest BCUT2D eigenvalue weighted by atomic mass is 9.93. The van der Waals surface area contributed by atoms with E-state index in [0.717, 1.165) is 32.5 Å². The fourth-order valence-electron chi connectivity index (χ4n) is 6.95. The van der Waals surface area contributed by atoms with Gasteiger partial charge in [-0.15, -0.1) is 0 Å². The van der Waals surface area contributed by atoms with Crippen LogP contribution in [0.25, 0.3) is 76.8 Å². The highest BCUT2D eigenvalue weighted by atomic mass is 15.1. The van der Waals surface area contributed by atoms with Crippen LogP contribution in [0.15, 0.2) is 224 Å². The first kappa shape index (κ1) is 19.2. The lowest BCUT2D eigenvalue weighted by Crippen LogP contribution is -2.09. The Morgan fingerprint density at radius 3 is 1.47 bits per heavy atom. The average Bonchev–Trinajstić information content (AvgIpc) is 3.39. The fraction of sp³-hybridized carbons (Fsp3) is 0. The van der Waals surface area contributed by atoms with E-state index >= 15 is 0 Å². The topological polar surface area (TPSA) is 3.24 Å². The van der Waals surface area contributed by atoms with E-state index in [1.165, 1.54) is 0 Å². The van der Waals surface area contributed by atoms with Crippen LogP contribution in [0, 0.1) is 0 Å². The molecule has 1 nitrogen and oxygen atoms in total. The molecule has 0 radical (unpaired) electrons. The van der Waals surface area contributed by atoms with Gasteiger partial charge in [-0.3, -0.25) is 0 Å². The van der Waals surface area contributed by atoms with Gasteiger partial charge in [0.1, 0.15) is 0 Å². The Bertz CT molecular complexity index is 3860. The predicted molar refractivity (Wildman–Crippen MR) is 235 cm³/mol. The molecule has 10 rings (SSSR count). The molecule has 0 unspecified atom stereocenters. The van der Waals surface area contributed by atoms with Crippen molar-refractivity contribution in [3.8, 4) is 44.5 Å². The van der Waals surface area contributed by atoms with E-state index < -0.39 is 131 Å². The van der Waals surface area contributed by atoms with Gasteiger partial charge in [-0.2, -0.15) is 0 Å². The molecular weight excluding hydrogens is 663 g/mol. The van der Waals surface area contributed by atoms with Gasteiger partial charge in [0.05, 0.1) is 23.3 Å². The van der Waals surface area contributed by atoms with E-state index in [1.54, 1.807) is 36.4 Å². The van der Waals surface area contributed by atoms with Crippen LogP contribution in [0.1, 0.15) is 23.3 Å². The molecule has 55 heavy (non-hydrogen) atoms. The van der Waals surface area contributed by atoms with Crippen LogP contribution in [-0.4, -0.2) is 0 Å². The zero-order valence-electron chi connectivity index (χ0n) is 46.0. The monoisotopic (exact) mass is 716 g/mol. The summed E-state index contributed by atoms with van der Waals surface area (Å²) < 4.78 is 156. The van der Waals surface area contributed by atoms with Crippen molar-refractivity contribution in [2.75, 3.05) is 4.90 Å². The molecule has 0 heterocycles. The number of benzene rings is 10. The molecule has 0 amide bonds. The Labute approximate surface area is 345 Å². The Kier molecular flexibility index (Phi) is 4.88. The zero-order chi connectivity index (χ0) is 51.3. The Morgan fingerprint density at radius 1 is 0.291 bits per heavy atom. The summed E-state index contributed by atoms with van der Waals surface area (Å²) >= 11 is 0. The number of fused-ring (bicyclic) bond motifs is 4. The second-order valence-electron chi connectivity index (χ2n) is 12.8. The van der Waals surface area contributed by atoms with Crippen molar-refractivity contribution in [1.29, 1.82) is 0 Å². The minimum Gasteiger partial charge on any atom is -0.311 e. The van der Waals surface area contributed by atoms with Gasteiger partial charge in [-0.05, 0) is 125 Å². The summed E-state index contributed by atoms with van der Waals surface area (Å²) in [7, 11) is 0. The van der Waals surface area contributed by atoms with Crippen LogP contribution < -0.4 is 4.90 Å². The highest BCUT2D eigenvalue weighted by Gasteiger charge is 2.15. The average molecular weight is 717 g/mol. The smallest absolute Gasteiger partial charge is 0.0645 e. The van der Waals surface area contributed by atoms with E-state index in [9.17, 15) is 16.4 Å². The summed E-state index contributed by atoms with van der Waals surface area (Å²) in [5.41, 5.74) is -1.73. The lowest BCUT2D eigenvalue weighted by molar-refractivity contribution is 1.28. The highest BCUT2D eigenvalue weighted by molar-refractivity contribution is 6.13. The van der Waals surface area contributed by atoms with Crippen molar-refractivity contribution in [3.63, 3.8) is 0 Å². The van der Waals surface area contributed by atoms with Gasteiger partial charge >= 0.3 is 0 Å². The van der Waals surface area contributed by atoms with Gasteiger partial charge in [-0.25, -0.2) is 0 Å². The van der Waals surface area contributed by atoms with Crippen LogP contribution >= 0.6 is 0 Å². The quantitative estimate of drug-likeness (QED) is 0.148. The molecule has 258 valence electrons. The summed E-state index contributed by atoms with van der Waals surface area (Å²) in [4.78, 5) is 0.687. The summed E-state index contributed by atoms with van der Waals surface area (Å²) in [5.74, 6) is 0. The third-order valence-electron chi connectivity index (χ3n) is 9.55. The van der Waals surface area contributed by atoms with Crippen molar-refractivity contribution in [2.45, 2.75) is 0 Å². The molecule has 0 bridgehead atoms. The molecule has 0 atom stereocenters. The number of anilines is 3. The molecule has 0 aliphatic carbocycles. The molecule has 10 aromatic carbocycles. The number of hydrogen-bond donors (Lipinski definition) is 0. The maximum Gasteiger partial charge on any atom is 0.0645 e. The molecule has 0 aliphatic rings. The van der Waals surface area contributed by atoms with E-state index in [-0.39, 0.29) is 11.1 Å². The molecule has 0 N–H and O–H groups in total. The third kappa shape index (κ3) is 6.12. The molecule has 0 saturated heterocycles. The Hall–Kier alpha value is -7.22. The summed E-state index contributed by atoms with van der Waals surface area (Å²) in [5, 5.41) is 4.88. The largest absolute Gasteiger partial charge is 0.311 e. The minimum absolute atomic E-state index is 0.132. The first-order valence-corrected chi connectivity index (χ1v) is 17.5. The van der Waals surface area contributed by atoms with E-state index in [2.05, 4.69) is 0 Å². The van der Waals surface area contributed by atoms with Crippen LogP contribution in [0.4, 0.5) is 17.1 Å². The van der Waals surface area contributed by atoms with Crippen molar-refractivity contribution in [2.24, 2.45) is 0 Å². The van der Waals surface area contributed by atoms with Gasteiger partial charge in [0.2, 0.25) is 0 Å². The molecule has 0 fully saturated rings. The predicted octanol–water partition coefficient (Wildman–Crippen LogP) is 15.3. The maximum atomic E-state index is 9.69. The van der Waals surface area contributed by atoms with Gasteiger partial charge in [0, 0.05) is 17.1 Å². The standard InChI is InChI=1S/C54H37N/c1-2-12-38(13-3-1)39-24-30-46(31-25-39)55(48-34-28-42(29-35-48)54-37-45-15-5-7-20-51(45)52-21-8-9-22-53(52)54)47-32-26-40(27-33-47)43-17-10-18-44(36-43)50-23-11-16-41-14-4-6-19-49(41)50/h1-37H/i1D,2D,3D,12D,13D,24D,25D,26D,27D,28D,29D,30D,31D,32D,33D,34D,35D. The van der Waals surface area contributed by atoms with Gasteiger partial charge < -0.3 is 4.90 Å². The van der Waals surface area contributed by atoms with Crippen molar-refractivity contribution in [3.05, 3.63) is 224 Å². The second-order valence-corrected chi connectivity index (χ2v) is 12.8. The first-order chi connectivity index (χ1) is 34.4. The SMILES string of the molecule is [2H]c1c([2H])c([2H])c(-c2c([2H])c([2H])c(N(c3c([2H])c([2H])c(-c4cccc(-c5cccc6ccccc56)c4)c([2H])c3[2H])c3c([2H])c([2H])c(-c4cc5ccccc5c5ccccc45)c([2H])c3[2H])c([2H])c2[2H])c([2H])c1[2H]. The summed E-state index contributed by atoms with van der Waals surface area (Å²) in [6.07, 6.45) is 0. The van der Waals surface area contributed by atoms with Crippen LogP contribution in [0.5, 0.6) is 0 Å². The zero-order valence-corrected chi connectivity index (χ0v) is 29.0. The van der Waals surface area contributed by atoms with Gasteiger partial charge in [-0.1, -0.05) is 176 Å². The molecule has 0 aromatic heterocycles. The maximum absolute atomic E-state index is 9.69. The van der Waals surface area contributed by atoms with Crippen LogP contribution in [0.3, 0.4) is 0 Å². The van der Waals surface area contributed by atoms with Crippen molar-refractivity contribution in [1.82, 2.24) is 0 Å². The van der Waals surface area contributed by atoms with Gasteiger partial charge in [0.25, 0.3) is 0 Å². The lowest BCUT2D eigenvalue weighted by Gasteiger charge is -2.26. The van der Waals surface area contributed by atoms with Crippen molar-refractivity contribution < 1.29 is 23.3 Å². The molecule has 0 saturated carbocycles. The normalized spacial score (nSPS) is 15.6. The Morgan fingerprint density at radius 2 is 0.782 bits per heavy atom. The number of nitrogens with zero attached hydrogens (tertiary/aromatic N) is 1. The highest BCUT2D eigenvalue weighted by Crippen LogP contribution is 2.40. The number of rotatable bonds is 7. The Balaban J connectivity index is 1.27. The minimum atomic E-state index is -0.983. The molecule has 0 spiro atoms. The van der Waals surface area contributed by atoms with Crippen LogP contribution in [-0.2, 0) is 0 Å². The molecular formula is C54H37N.